The van der Waals surface area contributed by atoms with Gasteiger partial charge in [-0.1, -0.05) is 54.6 Å². The molecule has 3 aromatic heterocycles. The van der Waals surface area contributed by atoms with Crippen LogP contribution in [0.4, 0.5) is 4.79 Å². The van der Waals surface area contributed by atoms with Gasteiger partial charge in [-0.25, -0.2) is 14.8 Å². The fourth-order valence-electron chi connectivity index (χ4n) is 5.50. The molecule has 0 radical (unpaired) electrons. The number of carbonyl (C=O) groups excluding carboxylic acids is 1. The number of rotatable bonds is 8. The molecule has 0 spiro atoms. The minimum absolute atomic E-state index is 0.0291. The van der Waals surface area contributed by atoms with Crippen LogP contribution in [0.2, 0.25) is 0 Å². The van der Waals surface area contributed by atoms with Gasteiger partial charge in [-0.05, 0) is 51.1 Å². The highest BCUT2D eigenvalue weighted by atomic mass is 16.6. The van der Waals surface area contributed by atoms with Crippen molar-refractivity contribution in [3.63, 3.8) is 0 Å². The summed E-state index contributed by atoms with van der Waals surface area (Å²) in [4.78, 5) is 26.3. The topological polar surface area (TPSA) is 87.9 Å². The standard InChI is InChI=1S/C33H37N7O2/c1-23-19-30-35-21-27-20-29(25-7-5-4-6-8-25)31(36-32(27)40(30)37-23)26-11-9-24(10-12-26)22-39-16-13-28(14-17-39)42-33(41)34-15-18-38(2)3/h4-12,19-21,28H,13-18,22H2,1-3H3,(H,34,41). The van der Waals surface area contributed by atoms with Crippen molar-refractivity contribution >= 4 is 22.8 Å². The van der Waals surface area contributed by atoms with Gasteiger partial charge in [0.2, 0.25) is 0 Å². The van der Waals surface area contributed by atoms with Crippen LogP contribution in [0.1, 0.15) is 24.1 Å². The van der Waals surface area contributed by atoms with Gasteiger partial charge in [0.1, 0.15) is 6.10 Å². The van der Waals surface area contributed by atoms with Gasteiger partial charge < -0.3 is 15.0 Å². The third-order valence-corrected chi connectivity index (χ3v) is 7.74. The van der Waals surface area contributed by atoms with Crippen molar-refractivity contribution in [2.45, 2.75) is 32.4 Å². The van der Waals surface area contributed by atoms with Crippen molar-refractivity contribution in [1.82, 2.24) is 34.7 Å². The third-order valence-electron chi connectivity index (χ3n) is 7.74. The molecule has 2 aromatic carbocycles. The first-order chi connectivity index (χ1) is 20.4. The van der Waals surface area contributed by atoms with E-state index < -0.39 is 0 Å². The van der Waals surface area contributed by atoms with E-state index in [1.165, 1.54) is 5.56 Å². The van der Waals surface area contributed by atoms with Crippen molar-refractivity contribution in [2.24, 2.45) is 0 Å². The molecule has 4 heterocycles. The van der Waals surface area contributed by atoms with Crippen LogP contribution < -0.4 is 5.32 Å². The van der Waals surface area contributed by atoms with Gasteiger partial charge in [-0.2, -0.15) is 9.61 Å². The second-order valence-corrected chi connectivity index (χ2v) is 11.3. The summed E-state index contributed by atoms with van der Waals surface area (Å²) in [6.45, 7) is 6.01. The van der Waals surface area contributed by atoms with E-state index >= 15 is 0 Å². The molecule has 1 amide bonds. The first-order valence-electron chi connectivity index (χ1n) is 14.6. The Hall–Kier alpha value is -4.34. The zero-order chi connectivity index (χ0) is 29.1. The van der Waals surface area contributed by atoms with Crippen LogP contribution in [0.5, 0.6) is 0 Å². The number of ether oxygens (including phenoxy) is 1. The molecule has 0 unspecified atom stereocenters. The van der Waals surface area contributed by atoms with E-state index in [0.717, 1.165) is 83.8 Å². The van der Waals surface area contributed by atoms with Crippen LogP contribution in [0.3, 0.4) is 0 Å². The van der Waals surface area contributed by atoms with Gasteiger partial charge in [-0.15, -0.1) is 0 Å². The molecule has 216 valence electrons. The molecule has 42 heavy (non-hydrogen) atoms. The van der Waals surface area contributed by atoms with Crippen molar-refractivity contribution in [3.05, 3.63) is 84.2 Å². The lowest BCUT2D eigenvalue weighted by atomic mass is 9.97. The van der Waals surface area contributed by atoms with Crippen LogP contribution in [0.25, 0.3) is 39.1 Å². The predicted molar refractivity (Wildman–Crippen MR) is 165 cm³/mol. The van der Waals surface area contributed by atoms with Crippen molar-refractivity contribution in [3.8, 4) is 22.4 Å². The Kier molecular flexibility index (Phi) is 8.12. The number of piperidine rings is 1. The van der Waals surface area contributed by atoms with Crippen molar-refractivity contribution in [1.29, 1.82) is 0 Å². The Balaban J connectivity index is 1.17. The van der Waals surface area contributed by atoms with Gasteiger partial charge in [0.15, 0.2) is 11.3 Å². The van der Waals surface area contributed by atoms with Crippen LogP contribution >= 0.6 is 0 Å². The monoisotopic (exact) mass is 563 g/mol. The van der Waals surface area contributed by atoms with Crippen LogP contribution in [-0.2, 0) is 11.3 Å². The molecular weight excluding hydrogens is 526 g/mol. The minimum Gasteiger partial charge on any atom is -0.446 e. The van der Waals surface area contributed by atoms with Gasteiger partial charge in [0, 0.05) is 61.5 Å². The number of pyridine rings is 1. The SMILES string of the molecule is Cc1cc2ncc3cc(-c4ccccc4)c(-c4ccc(CN5CCC(OC(=O)NCCN(C)C)CC5)cc4)nc3n2n1. The number of benzene rings is 2. The molecule has 1 aliphatic heterocycles. The molecule has 1 saturated heterocycles. The summed E-state index contributed by atoms with van der Waals surface area (Å²) < 4.78 is 7.46. The molecule has 9 heteroatoms. The highest BCUT2D eigenvalue weighted by Crippen LogP contribution is 2.33. The number of aromatic nitrogens is 4. The molecule has 5 aromatic rings. The number of likely N-dealkylation sites (N-methyl/N-ethyl adjacent to an activating group) is 1. The number of fused-ring (bicyclic) bond motifs is 3. The summed E-state index contributed by atoms with van der Waals surface area (Å²) in [6, 6.07) is 23.2. The second kappa shape index (κ2) is 12.3. The number of likely N-dealkylation sites (tertiary alicyclic amines) is 1. The number of amides is 1. The lowest BCUT2D eigenvalue weighted by Gasteiger charge is -2.31. The van der Waals surface area contributed by atoms with Crippen LogP contribution in [-0.4, -0.2) is 81.9 Å². The fraction of sp³-hybridized carbons (Fsp3) is 0.333. The zero-order valence-electron chi connectivity index (χ0n) is 24.5. The Morgan fingerprint density at radius 1 is 1.02 bits per heavy atom. The molecule has 9 nitrogen and oxygen atoms in total. The number of alkyl carbamates (subject to hydrolysis) is 1. The summed E-state index contributed by atoms with van der Waals surface area (Å²) in [5.74, 6) is 0. The maximum absolute atomic E-state index is 12.1. The summed E-state index contributed by atoms with van der Waals surface area (Å²) in [6.07, 6.45) is 3.22. The Morgan fingerprint density at radius 3 is 2.52 bits per heavy atom. The fourth-order valence-corrected chi connectivity index (χ4v) is 5.50. The number of hydrogen-bond donors (Lipinski definition) is 1. The van der Waals surface area contributed by atoms with E-state index in [1.807, 2.05) is 48.8 Å². The van der Waals surface area contributed by atoms with Crippen molar-refractivity contribution in [2.75, 3.05) is 40.3 Å². The van der Waals surface area contributed by atoms with E-state index in [9.17, 15) is 4.79 Å². The minimum atomic E-state index is -0.317. The maximum atomic E-state index is 12.1. The molecule has 0 aliphatic carbocycles. The van der Waals surface area contributed by atoms with E-state index in [1.54, 1.807) is 0 Å². The normalized spacial score (nSPS) is 14.6. The summed E-state index contributed by atoms with van der Waals surface area (Å²) in [7, 11) is 3.96. The lowest BCUT2D eigenvalue weighted by Crippen LogP contribution is -2.40. The predicted octanol–water partition coefficient (Wildman–Crippen LogP) is 5.17. The highest BCUT2D eigenvalue weighted by Gasteiger charge is 2.22. The van der Waals surface area contributed by atoms with E-state index in [4.69, 9.17) is 9.72 Å². The number of aryl methyl sites for hydroxylation is 1. The summed E-state index contributed by atoms with van der Waals surface area (Å²) in [5, 5.41) is 8.43. The molecule has 0 bridgehead atoms. The van der Waals surface area contributed by atoms with E-state index in [-0.39, 0.29) is 12.2 Å². The summed E-state index contributed by atoms with van der Waals surface area (Å²) in [5.41, 5.74) is 7.89. The summed E-state index contributed by atoms with van der Waals surface area (Å²) >= 11 is 0. The quantitative estimate of drug-likeness (QED) is 0.279. The first kappa shape index (κ1) is 27.8. The van der Waals surface area contributed by atoms with E-state index in [2.05, 4.69) is 74.9 Å². The van der Waals surface area contributed by atoms with Crippen LogP contribution in [0.15, 0.2) is 72.9 Å². The average Bonchev–Trinajstić information content (AvgIpc) is 3.39. The van der Waals surface area contributed by atoms with Gasteiger partial charge in [-0.3, -0.25) is 4.90 Å². The average molecular weight is 564 g/mol. The Bertz CT molecular complexity index is 1670. The molecule has 0 atom stereocenters. The van der Waals surface area contributed by atoms with E-state index in [0.29, 0.717) is 6.54 Å². The smallest absolute Gasteiger partial charge is 0.407 e. The Morgan fingerprint density at radius 2 is 1.79 bits per heavy atom. The van der Waals surface area contributed by atoms with Crippen LogP contribution in [0, 0.1) is 6.92 Å². The van der Waals surface area contributed by atoms with Gasteiger partial charge >= 0.3 is 6.09 Å². The number of carbonyl (C=O) groups is 1. The third kappa shape index (κ3) is 6.27. The molecule has 1 aliphatic rings. The number of nitrogens with zero attached hydrogens (tertiary/aromatic N) is 6. The second-order valence-electron chi connectivity index (χ2n) is 11.3. The molecule has 6 rings (SSSR count). The maximum Gasteiger partial charge on any atom is 0.407 e. The lowest BCUT2D eigenvalue weighted by molar-refractivity contribution is 0.0486. The molecule has 0 saturated carbocycles. The Labute approximate surface area is 246 Å². The molecule has 1 fully saturated rings. The number of hydrogen-bond acceptors (Lipinski definition) is 7. The first-order valence-corrected chi connectivity index (χ1v) is 14.6. The van der Waals surface area contributed by atoms with Gasteiger partial charge in [0.25, 0.3) is 0 Å². The largest absolute Gasteiger partial charge is 0.446 e. The molecular formula is C33H37N7O2. The number of nitrogens with one attached hydrogen (secondary N) is 1. The van der Waals surface area contributed by atoms with Crippen molar-refractivity contribution < 1.29 is 9.53 Å². The highest BCUT2D eigenvalue weighted by molar-refractivity contribution is 5.90. The van der Waals surface area contributed by atoms with Gasteiger partial charge in [0.05, 0.1) is 11.4 Å². The zero-order valence-corrected chi connectivity index (χ0v) is 24.5. The molecule has 1 N–H and O–H groups in total.